The number of piperazine rings is 1. The number of carbonyl (C=O) groups excluding carboxylic acids is 1. The molecule has 4 atom stereocenters. The van der Waals surface area contributed by atoms with Crippen LogP contribution >= 0.6 is 11.6 Å². The van der Waals surface area contributed by atoms with Gasteiger partial charge in [-0.15, -0.1) is 0 Å². The lowest BCUT2D eigenvalue weighted by atomic mass is 9.87. The SMILES string of the molecule is CC(C)(C)OC(=O)N1C2CCC1CN(c1nc(OC[C@@]34CCCCN3C[C@H](F)C4)nc3c(F)c(Cl)ncc13)C2. The normalized spacial score (nSPS) is 29.1. The number of rotatable bonds is 4. The van der Waals surface area contributed by atoms with Crippen molar-refractivity contribution in [3.63, 3.8) is 0 Å². The third-order valence-electron chi connectivity index (χ3n) is 8.47. The molecule has 2 aromatic rings. The number of anilines is 1. The standard InChI is InChI=1S/C27H35ClF2N6O3/c1-26(2,3)39-25(37)36-17-6-7-18(36)14-34(13-17)23-19-11-31-22(28)20(30)21(19)32-24(33-23)38-15-27-8-4-5-9-35(27)12-16(29)10-27/h11,16-18H,4-10,12-15H2,1-3H3/t16-,17?,18?,27+/m1/s1. The molecule has 0 saturated carbocycles. The van der Waals surface area contributed by atoms with E-state index in [2.05, 4.69) is 14.9 Å². The van der Waals surface area contributed by atoms with Crippen molar-refractivity contribution in [1.82, 2.24) is 24.8 Å². The quantitative estimate of drug-likeness (QED) is 0.492. The molecule has 0 N–H and O–H groups in total. The van der Waals surface area contributed by atoms with Gasteiger partial charge in [-0.1, -0.05) is 18.0 Å². The Bertz CT molecular complexity index is 1260. The van der Waals surface area contributed by atoms with Gasteiger partial charge in [-0.05, 0) is 53.0 Å². The zero-order valence-corrected chi connectivity index (χ0v) is 23.4. The third-order valence-corrected chi connectivity index (χ3v) is 8.73. The number of aromatic nitrogens is 3. The van der Waals surface area contributed by atoms with Gasteiger partial charge in [0, 0.05) is 32.3 Å². The van der Waals surface area contributed by atoms with Crippen LogP contribution in [0.15, 0.2) is 6.20 Å². The van der Waals surface area contributed by atoms with E-state index >= 15 is 4.39 Å². The first-order valence-electron chi connectivity index (χ1n) is 13.8. The van der Waals surface area contributed by atoms with Crippen molar-refractivity contribution < 1.29 is 23.0 Å². The highest BCUT2D eigenvalue weighted by atomic mass is 35.5. The van der Waals surface area contributed by atoms with E-state index in [1.165, 1.54) is 6.20 Å². The Morgan fingerprint density at radius 3 is 2.64 bits per heavy atom. The zero-order valence-electron chi connectivity index (χ0n) is 22.6. The maximum absolute atomic E-state index is 15.2. The lowest BCUT2D eigenvalue weighted by Crippen LogP contribution is -2.57. The Kier molecular flexibility index (Phi) is 6.73. The van der Waals surface area contributed by atoms with E-state index in [1.807, 2.05) is 30.6 Å². The van der Waals surface area contributed by atoms with E-state index in [4.69, 9.17) is 26.1 Å². The first-order chi connectivity index (χ1) is 18.5. The van der Waals surface area contributed by atoms with Gasteiger partial charge < -0.3 is 14.4 Å². The monoisotopic (exact) mass is 564 g/mol. The fourth-order valence-corrected chi connectivity index (χ4v) is 6.94. The first-order valence-corrected chi connectivity index (χ1v) is 14.2. The Hall–Kier alpha value is -2.53. The molecule has 4 aliphatic heterocycles. The minimum atomic E-state index is -0.890. The molecule has 4 fully saturated rings. The van der Waals surface area contributed by atoms with Crippen molar-refractivity contribution in [3.05, 3.63) is 17.2 Å². The maximum Gasteiger partial charge on any atom is 0.410 e. The Balaban J connectivity index is 1.29. The number of carbonyl (C=O) groups is 1. The minimum Gasteiger partial charge on any atom is -0.461 e. The Labute approximate surface area is 231 Å². The summed E-state index contributed by atoms with van der Waals surface area (Å²) in [5.41, 5.74) is -0.951. The largest absolute Gasteiger partial charge is 0.461 e. The van der Waals surface area contributed by atoms with Crippen molar-refractivity contribution in [3.8, 4) is 6.01 Å². The summed E-state index contributed by atoms with van der Waals surface area (Å²) in [5.74, 6) is -0.244. The van der Waals surface area contributed by atoms with E-state index < -0.39 is 23.1 Å². The molecule has 12 heteroatoms. The van der Waals surface area contributed by atoms with Crippen LogP contribution in [0.5, 0.6) is 6.01 Å². The molecule has 1 amide bonds. The number of piperidine rings is 1. The van der Waals surface area contributed by atoms with Gasteiger partial charge in [0.05, 0.1) is 23.0 Å². The first kappa shape index (κ1) is 26.7. The number of pyridine rings is 1. The fourth-order valence-electron chi connectivity index (χ4n) is 6.80. The average molecular weight is 565 g/mol. The predicted octanol–water partition coefficient (Wildman–Crippen LogP) is 4.75. The molecule has 2 unspecified atom stereocenters. The third kappa shape index (κ3) is 4.96. The molecule has 0 aliphatic carbocycles. The van der Waals surface area contributed by atoms with Crippen molar-refractivity contribution in [2.75, 3.05) is 37.7 Å². The molecule has 4 aliphatic rings. The number of halogens is 3. The van der Waals surface area contributed by atoms with Gasteiger partial charge in [0.25, 0.3) is 0 Å². The average Bonchev–Trinajstić information content (AvgIpc) is 3.36. The molecule has 4 saturated heterocycles. The summed E-state index contributed by atoms with van der Waals surface area (Å²) in [6.07, 6.45) is 5.26. The fraction of sp³-hybridized carbons (Fsp3) is 0.704. The van der Waals surface area contributed by atoms with E-state index in [9.17, 15) is 9.18 Å². The zero-order chi connectivity index (χ0) is 27.5. The van der Waals surface area contributed by atoms with Crippen molar-refractivity contribution in [2.24, 2.45) is 0 Å². The molecule has 9 nitrogen and oxygen atoms in total. The van der Waals surface area contributed by atoms with Crippen LogP contribution in [0, 0.1) is 5.82 Å². The highest BCUT2D eigenvalue weighted by molar-refractivity contribution is 6.30. The summed E-state index contributed by atoms with van der Waals surface area (Å²) in [5, 5.41) is 0.151. The lowest BCUT2D eigenvalue weighted by molar-refractivity contribution is 0.0122. The topological polar surface area (TPSA) is 83.9 Å². The van der Waals surface area contributed by atoms with Crippen LogP contribution in [0.1, 0.15) is 59.3 Å². The second-order valence-corrected chi connectivity index (χ2v) is 12.7. The highest BCUT2D eigenvalue weighted by Gasteiger charge is 2.48. The lowest BCUT2D eigenvalue weighted by Gasteiger charge is -2.42. The molecule has 2 bridgehead atoms. The number of amides is 1. The number of ether oxygens (including phenoxy) is 2. The van der Waals surface area contributed by atoms with E-state index in [1.54, 1.807) is 0 Å². The van der Waals surface area contributed by atoms with Gasteiger partial charge in [-0.2, -0.15) is 9.97 Å². The molecule has 39 heavy (non-hydrogen) atoms. The van der Waals surface area contributed by atoms with Crippen LogP contribution in [0.2, 0.25) is 5.15 Å². The van der Waals surface area contributed by atoms with E-state index in [0.717, 1.165) is 38.6 Å². The van der Waals surface area contributed by atoms with Gasteiger partial charge >= 0.3 is 12.1 Å². The summed E-state index contributed by atoms with van der Waals surface area (Å²) < 4.78 is 41.4. The number of hydrogen-bond donors (Lipinski definition) is 0. The van der Waals surface area contributed by atoms with Gasteiger partial charge in [0.1, 0.15) is 29.7 Å². The van der Waals surface area contributed by atoms with E-state index in [-0.39, 0.29) is 41.5 Å². The number of alkyl halides is 1. The van der Waals surface area contributed by atoms with Crippen molar-refractivity contribution >= 4 is 34.4 Å². The van der Waals surface area contributed by atoms with Crippen LogP contribution in [-0.2, 0) is 4.74 Å². The predicted molar refractivity (Wildman–Crippen MR) is 143 cm³/mol. The van der Waals surface area contributed by atoms with Gasteiger partial charge in [0.2, 0.25) is 0 Å². The highest BCUT2D eigenvalue weighted by Crippen LogP contribution is 2.40. The van der Waals surface area contributed by atoms with Crippen molar-refractivity contribution in [2.45, 2.75) is 88.7 Å². The summed E-state index contributed by atoms with van der Waals surface area (Å²) in [6.45, 7) is 8.07. The van der Waals surface area contributed by atoms with Gasteiger partial charge in [-0.3, -0.25) is 9.80 Å². The number of nitrogens with zero attached hydrogens (tertiary/aromatic N) is 6. The van der Waals surface area contributed by atoms with Crippen LogP contribution < -0.4 is 9.64 Å². The second-order valence-electron chi connectivity index (χ2n) is 12.4. The molecule has 0 aromatic carbocycles. The van der Waals surface area contributed by atoms with E-state index in [0.29, 0.717) is 37.3 Å². The van der Waals surface area contributed by atoms with Crippen LogP contribution in [0.4, 0.5) is 19.4 Å². The number of fused-ring (bicyclic) bond motifs is 4. The smallest absolute Gasteiger partial charge is 0.410 e. The summed E-state index contributed by atoms with van der Waals surface area (Å²) in [6, 6.07) is -0.0942. The molecular formula is C27H35ClF2N6O3. The molecule has 0 radical (unpaired) electrons. The molecule has 2 aromatic heterocycles. The summed E-state index contributed by atoms with van der Waals surface area (Å²) in [4.78, 5) is 32.1. The van der Waals surface area contributed by atoms with Crippen molar-refractivity contribution in [1.29, 1.82) is 0 Å². The maximum atomic E-state index is 15.2. The summed E-state index contributed by atoms with van der Waals surface area (Å²) in [7, 11) is 0. The molecule has 212 valence electrons. The number of hydrogen-bond acceptors (Lipinski definition) is 8. The Morgan fingerprint density at radius 1 is 1.18 bits per heavy atom. The van der Waals surface area contributed by atoms with Gasteiger partial charge in [-0.25, -0.2) is 18.6 Å². The molecule has 6 heterocycles. The van der Waals surface area contributed by atoms with Crippen LogP contribution in [0.25, 0.3) is 10.9 Å². The van der Waals surface area contributed by atoms with Crippen LogP contribution in [0.3, 0.4) is 0 Å². The molecular weight excluding hydrogens is 530 g/mol. The minimum absolute atomic E-state index is 0.0304. The molecule has 6 rings (SSSR count). The van der Waals surface area contributed by atoms with Gasteiger partial charge in [0.15, 0.2) is 11.0 Å². The summed E-state index contributed by atoms with van der Waals surface area (Å²) >= 11 is 6.02. The second kappa shape index (κ2) is 9.83. The van der Waals surface area contributed by atoms with Crippen LogP contribution in [-0.4, -0.2) is 93.0 Å². The Morgan fingerprint density at radius 2 is 1.92 bits per heavy atom. The molecule has 0 spiro atoms.